The third-order valence-electron chi connectivity index (χ3n) is 5.29. The zero-order chi connectivity index (χ0) is 19.6. The van der Waals surface area contributed by atoms with Crippen LogP contribution >= 0.6 is 0 Å². The van der Waals surface area contributed by atoms with Gasteiger partial charge in [-0.05, 0) is 54.1 Å². The van der Waals surface area contributed by atoms with Crippen molar-refractivity contribution in [3.05, 3.63) is 72.1 Å². The Morgan fingerprint density at radius 3 is 2.43 bits per heavy atom. The van der Waals surface area contributed by atoms with Gasteiger partial charge in [-0.15, -0.1) is 0 Å². The van der Waals surface area contributed by atoms with Crippen LogP contribution in [-0.2, 0) is 12.7 Å². The van der Waals surface area contributed by atoms with Gasteiger partial charge in [-0.2, -0.15) is 13.2 Å². The second-order valence-corrected chi connectivity index (χ2v) is 7.33. The summed E-state index contributed by atoms with van der Waals surface area (Å²) in [6.07, 6.45) is 1.40. The van der Waals surface area contributed by atoms with Gasteiger partial charge in [-0.1, -0.05) is 18.2 Å². The van der Waals surface area contributed by atoms with Crippen molar-refractivity contribution >= 4 is 16.5 Å². The van der Waals surface area contributed by atoms with Crippen molar-refractivity contribution in [3.63, 3.8) is 0 Å². The summed E-state index contributed by atoms with van der Waals surface area (Å²) in [6.45, 7) is 2.54. The minimum absolute atomic E-state index is 0.406. The van der Waals surface area contributed by atoms with Crippen LogP contribution < -0.4 is 5.32 Å². The molecule has 2 heterocycles. The molecule has 1 saturated heterocycles. The molecular weight excluding hydrogens is 363 g/mol. The summed E-state index contributed by atoms with van der Waals surface area (Å²) in [5.74, 6) is 0. The molecule has 1 fully saturated rings. The number of pyridine rings is 1. The Morgan fingerprint density at radius 2 is 1.71 bits per heavy atom. The van der Waals surface area contributed by atoms with Crippen LogP contribution in [0.5, 0.6) is 0 Å². The normalized spacial score (nSPS) is 16.4. The van der Waals surface area contributed by atoms with Crippen molar-refractivity contribution < 1.29 is 13.2 Å². The smallest absolute Gasteiger partial charge is 0.382 e. The molecule has 0 aliphatic carbocycles. The fraction of sp³-hybridized carbons (Fsp3) is 0.318. The zero-order valence-electron chi connectivity index (χ0n) is 15.4. The summed E-state index contributed by atoms with van der Waals surface area (Å²) in [7, 11) is 0. The number of nitrogens with zero attached hydrogens (tertiary/aromatic N) is 2. The highest BCUT2D eigenvalue weighted by Gasteiger charge is 2.30. The van der Waals surface area contributed by atoms with E-state index in [2.05, 4.69) is 33.4 Å². The molecule has 4 rings (SSSR count). The summed E-state index contributed by atoms with van der Waals surface area (Å²) < 4.78 is 38.0. The van der Waals surface area contributed by atoms with Crippen LogP contribution in [0.3, 0.4) is 0 Å². The Labute approximate surface area is 162 Å². The second kappa shape index (κ2) is 7.80. The first-order valence-electron chi connectivity index (χ1n) is 9.46. The Balaban J connectivity index is 1.30. The Bertz CT molecular complexity index is 930. The number of likely N-dealkylation sites (tertiary alicyclic amines) is 1. The van der Waals surface area contributed by atoms with E-state index in [0.717, 1.165) is 42.6 Å². The number of aromatic nitrogens is 1. The predicted octanol–water partition coefficient (Wildman–Crippen LogP) is 5.33. The van der Waals surface area contributed by atoms with Crippen molar-refractivity contribution in [2.24, 2.45) is 0 Å². The zero-order valence-corrected chi connectivity index (χ0v) is 15.4. The molecule has 1 aliphatic rings. The number of alkyl halides is 3. The molecule has 1 aliphatic heterocycles. The van der Waals surface area contributed by atoms with E-state index in [1.807, 2.05) is 12.3 Å². The maximum Gasteiger partial charge on any atom is 0.416 e. The molecule has 1 aromatic heterocycles. The van der Waals surface area contributed by atoms with E-state index < -0.39 is 11.7 Å². The fourth-order valence-electron chi connectivity index (χ4n) is 3.70. The molecule has 6 heteroatoms. The molecule has 3 aromatic rings. The number of hydrogen-bond acceptors (Lipinski definition) is 3. The monoisotopic (exact) mass is 385 g/mol. The molecule has 146 valence electrons. The number of hydrogen-bond donors (Lipinski definition) is 1. The lowest BCUT2D eigenvalue weighted by atomic mass is 10.0. The number of rotatable bonds is 4. The minimum atomic E-state index is -4.28. The second-order valence-electron chi connectivity index (χ2n) is 7.33. The molecule has 28 heavy (non-hydrogen) atoms. The highest BCUT2D eigenvalue weighted by atomic mass is 19.4. The van der Waals surface area contributed by atoms with E-state index in [9.17, 15) is 13.2 Å². The largest absolute Gasteiger partial charge is 0.416 e. The molecule has 0 unspecified atom stereocenters. The van der Waals surface area contributed by atoms with Crippen LogP contribution in [-0.4, -0.2) is 29.0 Å². The molecule has 2 aromatic carbocycles. The van der Waals surface area contributed by atoms with Crippen molar-refractivity contribution in [2.75, 3.05) is 18.4 Å². The Hall–Kier alpha value is -2.60. The summed E-state index contributed by atoms with van der Waals surface area (Å²) in [5.41, 5.74) is 1.44. The van der Waals surface area contributed by atoms with Gasteiger partial charge in [0.1, 0.15) is 0 Å². The van der Waals surface area contributed by atoms with Gasteiger partial charge >= 0.3 is 6.18 Å². The van der Waals surface area contributed by atoms with Crippen molar-refractivity contribution in [3.8, 4) is 0 Å². The SMILES string of the molecule is FC(F)(F)c1ccc(CN2CCC(Nc3ccc4cnccc4c3)CC2)cc1. The molecule has 1 N–H and O–H groups in total. The standard InChI is InChI=1S/C22H22F3N3/c23-22(24,25)19-4-1-16(2-5-19)15-28-11-8-20(9-12-28)27-21-6-3-18-14-26-10-7-17(18)13-21/h1-7,10,13-14,20,27H,8-9,11-12,15H2. The van der Waals surface area contributed by atoms with Gasteiger partial charge in [0.05, 0.1) is 5.56 Å². The number of benzene rings is 2. The van der Waals surface area contributed by atoms with Crippen molar-refractivity contribution in [1.29, 1.82) is 0 Å². The minimum Gasteiger partial charge on any atom is -0.382 e. The maximum absolute atomic E-state index is 12.7. The van der Waals surface area contributed by atoms with Crippen LogP contribution in [0.25, 0.3) is 10.8 Å². The molecule has 0 saturated carbocycles. The topological polar surface area (TPSA) is 28.2 Å². The third kappa shape index (κ3) is 4.44. The van der Waals surface area contributed by atoms with Crippen LogP contribution in [0, 0.1) is 0 Å². The highest BCUT2D eigenvalue weighted by molar-refractivity contribution is 5.84. The molecular formula is C22H22F3N3. The number of fused-ring (bicyclic) bond motifs is 1. The Kier molecular flexibility index (Phi) is 5.22. The lowest BCUT2D eigenvalue weighted by molar-refractivity contribution is -0.137. The highest BCUT2D eigenvalue weighted by Crippen LogP contribution is 2.29. The lowest BCUT2D eigenvalue weighted by Gasteiger charge is -2.33. The van der Waals surface area contributed by atoms with E-state index in [0.29, 0.717) is 12.6 Å². The number of anilines is 1. The van der Waals surface area contributed by atoms with Gasteiger partial charge < -0.3 is 5.32 Å². The van der Waals surface area contributed by atoms with Crippen LogP contribution in [0.1, 0.15) is 24.0 Å². The van der Waals surface area contributed by atoms with E-state index in [1.54, 1.807) is 18.3 Å². The molecule has 3 nitrogen and oxygen atoms in total. The number of piperidine rings is 1. The average Bonchev–Trinajstić information content (AvgIpc) is 2.69. The first kappa shape index (κ1) is 18.7. The van der Waals surface area contributed by atoms with Crippen LogP contribution in [0.15, 0.2) is 60.9 Å². The molecule has 0 spiro atoms. The third-order valence-corrected chi connectivity index (χ3v) is 5.29. The van der Waals surface area contributed by atoms with Gasteiger partial charge in [0.2, 0.25) is 0 Å². The maximum atomic E-state index is 12.7. The van der Waals surface area contributed by atoms with E-state index in [4.69, 9.17) is 0 Å². The summed E-state index contributed by atoms with van der Waals surface area (Å²) in [5, 5.41) is 5.90. The molecule has 0 bridgehead atoms. The van der Waals surface area contributed by atoms with Gasteiger partial charge in [0, 0.05) is 49.1 Å². The number of halogens is 3. The summed E-state index contributed by atoms with van der Waals surface area (Å²) in [6, 6.07) is 14.2. The van der Waals surface area contributed by atoms with Gasteiger partial charge in [0.15, 0.2) is 0 Å². The Morgan fingerprint density at radius 1 is 0.964 bits per heavy atom. The lowest BCUT2D eigenvalue weighted by Crippen LogP contribution is -2.38. The van der Waals surface area contributed by atoms with Crippen molar-refractivity contribution in [2.45, 2.75) is 31.6 Å². The van der Waals surface area contributed by atoms with E-state index in [-0.39, 0.29) is 0 Å². The summed E-state index contributed by atoms with van der Waals surface area (Å²) >= 11 is 0. The van der Waals surface area contributed by atoms with Gasteiger partial charge in [-0.3, -0.25) is 9.88 Å². The fourth-order valence-corrected chi connectivity index (χ4v) is 3.70. The first-order chi connectivity index (χ1) is 13.5. The van der Waals surface area contributed by atoms with E-state index in [1.165, 1.54) is 17.5 Å². The van der Waals surface area contributed by atoms with Crippen LogP contribution in [0.2, 0.25) is 0 Å². The average molecular weight is 385 g/mol. The van der Waals surface area contributed by atoms with Gasteiger partial charge in [-0.25, -0.2) is 0 Å². The molecule has 0 radical (unpaired) electrons. The molecule has 0 atom stereocenters. The quantitative estimate of drug-likeness (QED) is 0.658. The van der Waals surface area contributed by atoms with Crippen molar-refractivity contribution in [1.82, 2.24) is 9.88 Å². The van der Waals surface area contributed by atoms with Gasteiger partial charge in [0.25, 0.3) is 0 Å². The van der Waals surface area contributed by atoms with E-state index >= 15 is 0 Å². The van der Waals surface area contributed by atoms with Crippen LogP contribution in [0.4, 0.5) is 18.9 Å². The first-order valence-corrected chi connectivity index (χ1v) is 9.46. The molecule has 0 amide bonds. The predicted molar refractivity (Wildman–Crippen MR) is 105 cm³/mol. The summed E-state index contributed by atoms with van der Waals surface area (Å²) in [4.78, 5) is 6.43. The number of nitrogens with one attached hydrogen (secondary N) is 1.